The van der Waals surface area contributed by atoms with E-state index >= 15 is 0 Å². The Kier molecular flexibility index (Phi) is 7.59. The van der Waals surface area contributed by atoms with E-state index < -0.39 is 0 Å². The number of benzene rings is 2. The van der Waals surface area contributed by atoms with Gasteiger partial charge in [0.25, 0.3) is 5.91 Å². The number of anilines is 2. The first-order valence-electron chi connectivity index (χ1n) is 7.86. The van der Waals surface area contributed by atoms with E-state index in [-0.39, 0.29) is 18.3 Å². The lowest BCUT2D eigenvalue weighted by Gasteiger charge is -2.11. The molecule has 0 saturated carbocycles. The Morgan fingerprint density at radius 2 is 1.83 bits per heavy atom. The quantitative estimate of drug-likeness (QED) is 0.745. The van der Waals surface area contributed by atoms with E-state index in [0.717, 1.165) is 23.4 Å². The molecular weight excluding hydrogens is 324 g/mol. The molecule has 0 saturated heterocycles. The monoisotopic (exact) mass is 348 g/mol. The highest BCUT2D eigenvalue weighted by molar-refractivity contribution is 6.04. The van der Waals surface area contributed by atoms with Gasteiger partial charge in [-0.2, -0.15) is 0 Å². The lowest BCUT2D eigenvalue weighted by atomic mass is 10.1. The summed E-state index contributed by atoms with van der Waals surface area (Å²) in [5.41, 5.74) is 8.67. The predicted molar refractivity (Wildman–Crippen MR) is 102 cm³/mol. The molecule has 2 aromatic rings. The number of carbonyl (C=O) groups excluding carboxylic acids is 1. The normalized spacial score (nSPS) is 10.2. The number of nitrogens with one attached hydrogen (secondary N) is 1. The Morgan fingerprint density at radius 3 is 2.46 bits per heavy atom. The second kappa shape index (κ2) is 9.18. The van der Waals surface area contributed by atoms with E-state index in [1.165, 1.54) is 0 Å². The SMILES string of the molecule is Cc1ccc(N)cc1NC(=O)c1ccc(OCCC(C)C)cc1.Cl. The lowest BCUT2D eigenvalue weighted by molar-refractivity contribution is 0.102. The number of hydrogen-bond acceptors (Lipinski definition) is 3. The molecule has 3 N–H and O–H groups in total. The number of aryl methyl sites for hydroxylation is 1. The predicted octanol–water partition coefficient (Wildman–Crippen LogP) is 4.68. The van der Waals surface area contributed by atoms with E-state index in [4.69, 9.17) is 10.5 Å². The fourth-order valence-electron chi connectivity index (χ4n) is 2.08. The first-order chi connectivity index (χ1) is 11.0. The summed E-state index contributed by atoms with van der Waals surface area (Å²) in [7, 11) is 0. The molecule has 2 rings (SSSR count). The maximum absolute atomic E-state index is 12.3. The van der Waals surface area contributed by atoms with E-state index in [0.29, 0.717) is 23.8 Å². The molecule has 5 heteroatoms. The van der Waals surface area contributed by atoms with Crippen molar-refractivity contribution in [2.24, 2.45) is 5.92 Å². The maximum Gasteiger partial charge on any atom is 0.255 e. The molecular formula is C19H25ClN2O2. The van der Waals surface area contributed by atoms with Crippen LogP contribution >= 0.6 is 12.4 Å². The van der Waals surface area contributed by atoms with Gasteiger partial charge in [0.05, 0.1) is 6.61 Å². The molecule has 0 aliphatic rings. The average Bonchev–Trinajstić information content (AvgIpc) is 2.51. The van der Waals surface area contributed by atoms with Gasteiger partial charge in [-0.15, -0.1) is 12.4 Å². The van der Waals surface area contributed by atoms with Gasteiger partial charge in [-0.3, -0.25) is 4.79 Å². The zero-order valence-electron chi connectivity index (χ0n) is 14.3. The third-order valence-electron chi connectivity index (χ3n) is 3.59. The fourth-order valence-corrected chi connectivity index (χ4v) is 2.08. The number of nitrogens with two attached hydrogens (primary N) is 1. The van der Waals surface area contributed by atoms with E-state index in [1.54, 1.807) is 18.2 Å². The Hall–Kier alpha value is -2.20. The van der Waals surface area contributed by atoms with Crippen molar-refractivity contribution in [1.82, 2.24) is 0 Å². The number of halogens is 1. The zero-order valence-corrected chi connectivity index (χ0v) is 15.2. The van der Waals surface area contributed by atoms with Crippen LogP contribution < -0.4 is 15.8 Å². The largest absolute Gasteiger partial charge is 0.494 e. The molecule has 0 fully saturated rings. The number of rotatable bonds is 6. The van der Waals surface area contributed by atoms with Crippen molar-refractivity contribution in [3.05, 3.63) is 53.6 Å². The highest BCUT2D eigenvalue weighted by Gasteiger charge is 2.08. The smallest absolute Gasteiger partial charge is 0.255 e. The van der Waals surface area contributed by atoms with Gasteiger partial charge in [0.15, 0.2) is 0 Å². The lowest BCUT2D eigenvalue weighted by Crippen LogP contribution is -2.13. The van der Waals surface area contributed by atoms with Crippen LogP contribution in [0.2, 0.25) is 0 Å². The summed E-state index contributed by atoms with van der Waals surface area (Å²) in [6.45, 7) is 6.94. The molecule has 4 nitrogen and oxygen atoms in total. The van der Waals surface area contributed by atoms with Crippen LogP contribution in [0.1, 0.15) is 36.2 Å². The minimum absolute atomic E-state index is 0. The molecule has 0 bridgehead atoms. The molecule has 0 heterocycles. The number of hydrogen-bond donors (Lipinski definition) is 2. The Morgan fingerprint density at radius 1 is 1.17 bits per heavy atom. The van der Waals surface area contributed by atoms with Crippen molar-refractivity contribution in [3.8, 4) is 5.75 Å². The van der Waals surface area contributed by atoms with E-state index in [1.807, 2.05) is 31.2 Å². The summed E-state index contributed by atoms with van der Waals surface area (Å²) in [6.07, 6.45) is 1.01. The average molecular weight is 349 g/mol. The summed E-state index contributed by atoms with van der Waals surface area (Å²) in [5, 5.41) is 2.89. The molecule has 0 unspecified atom stereocenters. The van der Waals surface area contributed by atoms with Gasteiger partial charge in [-0.25, -0.2) is 0 Å². The van der Waals surface area contributed by atoms with Crippen LogP contribution in [0.25, 0.3) is 0 Å². The Balaban J connectivity index is 0.00000288. The second-order valence-corrected chi connectivity index (χ2v) is 6.08. The van der Waals surface area contributed by atoms with Crippen LogP contribution in [0.5, 0.6) is 5.75 Å². The number of ether oxygens (including phenoxy) is 1. The molecule has 2 aromatic carbocycles. The number of amides is 1. The highest BCUT2D eigenvalue weighted by Crippen LogP contribution is 2.20. The van der Waals surface area contributed by atoms with Crippen LogP contribution in [-0.4, -0.2) is 12.5 Å². The molecule has 0 radical (unpaired) electrons. The van der Waals surface area contributed by atoms with E-state index in [9.17, 15) is 4.79 Å². The molecule has 0 aliphatic heterocycles. The van der Waals surface area contributed by atoms with Crippen molar-refractivity contribution in [2.75, 3.05) is 17.7 Å². The summed E-state index contributed by atoms with van der Waals surface area (Å²) in [6, 6.07) is 12.6. The second-order valence-electron chi connectivity index (χ2n) is 6.08. The van der Waals surface area contributed by atoms with Gasteiger partial charge in [0, 0.05) is 16.9 Å². The van der Waals surface area contributed by atoms with Gasteiger partial charge in [-0.05, 0) is 61.2 Å². The van der Waals surface area contributed by atoms with Gasteiger partial charge < -0.3 is 15.8 Å². The van der Waals surface area contributed by atoms with Crippen molar-refractivity contribution in [2.45, 2.75) is 27.2 Å². The molecule has 0 aliphatic carbocycles. The summed E-state index contributed by atoms with van der Waals surface area (Å²) in [5.74, 6) is 1.23. The third kappa shape index (κ3) is 5.78. The Labute approximate surface area is 149 Å². The molecule has 24 heavy (non-hydrogen) atoms. The first-order valence-corrected chi connectivity index (χ1v) is 7.86. The first kappa shape index (κ1) is 19.8. The molecule has 0 atom stereocenters. The molecule has 0 spiro atoms. The molecule has 130 valence electrons. The fraction of sp³-hybridized carbons (Fsp3) is 0.316. The number of nitrogen functional groups attached to an aromatic ring is 1. The van der Waals surface area contributed by atoms with Crippen LogP contribution in [0.4, 0.5) is 11.4 Å². The van der Waals surface area contributed by atoms with Crippen molar-refractivity contribution < 1.29 is 9.53 Å². The molecule has 0 aromatic heterocycles. The van der Waals surface area contributed by atoms with Crippen LogP contribution in [-0.2, 0) is 0 Å². The minimum atomic E-state index is -0.160. The highest BCUT2D eigenvalue weighted by atomic mass is 35.5. The minimum Gasteiger partial charge on any atom is -0.494 e. The number of carbonyl (C=O) groups is 1. The van der Waals surface area contributed by atoms with Crippen molar-refractivity contribution >= 4 is 29.7 Å². The third-order valence-corrected chi connectivity index (χ3v) is 3.59. The van der Waals surface area contributed by atoms with Gasteiger partial charge in [0.2, 0.25) is 0 Å². The molecule has 1 amide bonds. The van der Waals surface area contributed by atoms with Crippen molar-refractivity contribution in [3.63, 3.8) is 0 Å². The van der Waals surface area contributed by atoms with Crippen molar-refractivity contribution in [1.29, 1.82) is 0 Å². The summed E-state index contributed by atoms with van der Waals surface area (Å²) in [4.78, 5) is 12.3. The standard InChI is InChI=1S/C19H24N2O2.ClH/c1-13(2)10-11-23-17-8-5-15(6-9-17)19(22)21-18-12-16(20)7-4-14(18)3;/h4-9,12-13H,10-11,20H2,1-3H3,(H,21,22);1H. The summed E-state index contributed by atoms with van der Waals surface area (Å²) < 4.78 is 5.66. The zero-order chi connectivity index (χ0) is 16.8. The van der Waals surface area contributed by atoms with Crippen LogP contribution in [0.3, 0.4) is 0 Å². The Bertz CT molecular complexity index is 670. The topological polar surface area (TPSA) is 64.3 Å². The van der Waals surface area contributed by atoms with Gasteiger partial charge in [-0.1, -0.05) is 19.9 Å². The van der Waals surface area contributed by atoms with Crippen LogP contribution in [0.15, 0.2) is 42.5 Å². The van der Waals surface area contributed by atoms with E-state index in [2.05, 4.69) is 19.2 Å². The van der Waals surface area contributed by atoms with Gasteiger partial charge in [0.1, 0.15) is 5.75 Å². The summed E-state index contributed by atoms with van der Waals surface area (Å²) >= 11 is 0. The van der Waals surface area contributed by atoms with Crippen LogP contribution in [0, 0.1) is 12.8 Å². The van der Waals surface area contributed by atoms with Gasteiger partial charge >= 0.3 is 0 Å². The maximum atomic E-state index is 12.3.